The quantitative estimate of drug-likeness (QED) is 0.748. The lowest BCUT2D eigenvalue weighted by Crippen LogP contribution is -2.12. The second-order valence-electron chi connectivity index (χ2n) is 6.47. The van der Waals surface area contributed by atoms with E-state index < -0.39 is 0 Å². The minimum absolute atomic E-state index is 0.223. The van der Waals surface area contributed by atoms with E-state index in [1.165, 1.54) is 40.4 Å². The van der Waals surface area contributed by atoms with E-state index in [0.717, 1.165) is 18.2 Å². The highest BCUT2D eigenvalue weighted by molar-refractivity contribution is 7.99. The van der Waals surface area contributed by atoms with E-state index in [1.807, 2.05) is 31.3 Å². The van der Waals surface area contributed by atoms with Gasteiger partial charge in [0.1, 0.15) is 0 Å². The highest BCUT2D eigenvalue weighted by Gasteiger charge is 2.26. The first-order valence-electron chi connectivity index (χ1n) is 8.73. The Hall–Kier alpha value is -1.72. The summed E-state index contributed by atoms with van der Waals surface area (Å²) in [6, 6.07) is 7.00. The molecule has 1 aromatic carbocycles. The van der Waals surface area contributed by atoms with Gasteiger partial charge in [-0.3, -0.25) is 0 Å². The molecule has 24 heavy (non-hydrogen) atoms. The predicted octanol–water partition coefficient (Wildman–Crippen LogP) is 3.98. The highest BCUT2D eigenvalue weighted by Crippen LogP contribution is 2.38. The number of nitrogens with one attached hydrogen (secondary N) is 2. The molecular formula is C19H24N4S. The molecule has 1 fully saturated rings. The Morgan fingerprint density at radius 2 is 2.21 bits per heavy atom. The van der Waals surface area contributed by atoms with E-state index in [9.17, 15) is 0 Å². The van der Waals surface area contributed by atoms with E-state index in [2.05, 4.69) is 51.4 Å². The minimum Gasteiger partial charge on any atom is -0.384 e. The fourth-order valence-electron chi connectivity index (χ4n) is 3.23. The Labute approximate surface area is 147 Å². The van der Waals surface area contributed by atoms with Crippen LogP contribution in [0.3, 0.4) is 0 Å². The maximum absolute atomic E-state index is 4.35. The Morgan fingerprint density at radius 3 is 2.96 bits per heavy atom. The molecular weight excluding hydrogens is 316 g/mol. The number of thioether (sulfide) groups is 1. The molecule has 0 radical (unpaired) electrons. The second-order valence-corrected chi connectivity index (χ2v) is 7.81. The monoisotopic (exact) mass is 340 g/mol. The van der Waals surface area contributed by atoms with Gasteiger partial charge in [0.2, 0.25) is 0 Å². The summed E-state index contributed by atoms with van der Waals surface area (Å²) < 4.78 is 2.21. The van der Waals surface area contributed by atoms with Gasteiger partial charge in [0, 0.05) is 22.7 Å². The average molecular weight is 340 g/mol. The molecule has 2 aliphatic rings. The minimum atomic E-state index is 0.223. The summed E-state index contributed by atoms with van der Waals surface area (Å²) >= 11 is 1.89. The SMILES string of the molecule is CCSc1ccc(NCC2CC2)c(C2=CC(NC)c3cncn32)c1. The van der Waals surface area contributed by atoms with Gasteiger partial charge in [0.05, 0.1) is 30.0 Å². The van der Waals surface area contributed by atoms with Crippen molar-refractivity contribution in [2.45, 2.75) is 30.7 Å². The molecule has 1 atom stereocenters. The number of imidazole rings is 1. The average Bonchev–Trinajstić information content (AvgIpc) is 3.18. The summed E-state index contributed by atoms with van der Waals surface area (Å²) in [6.45, 7) is 3.27. The first-order chi connectivity index (χ1) is 11.8. The van der Waals surface area contributed by atoms with Crippen LogP contribution in [0.2, 0.25) is 0 Å². The molecule has 0 bridgehead atoms. The van der Waals surface area contributed by atoms with Gasteiger partial charge in [-0.1, -0.05) is 6.92 Å². The molecule has 1 aliphatic carbocycles. The van der Waals surface area contributed by atoms with Crippen LogP contribution in [0.4, 0.5) is 5.69 Å². The topological polar surface area (TPSA) is 41.9 Å². The largest absolute Gasteiger partial charge is 0.384 e. The zero-order chi connectivity index (χ0) is 16.5. The molecule has 1 saturated carbocycles. The molecule has 2 aromatic rings. The van der Waals surface area contributed by atoms with E-state index >= 15 is 0 Å². The van der Waals surface area contributed by atoms with E-state index in [-0.39, 0.29) is 6.04 Å². The molecule has 1 aliphatic heterocycles. The van der Waals surface area contributed by atoms with Crippen LogP contribution in [0.25, 0.3) is 5.70 Å². The lowest BCUT2D eigenvalue weighted by Gasteiger charge is -2.15. The smallest absolute Gasteiger partial charge is 0.0994 e. The molecule has 2 N–H and O–H groups in total. The maximum atomic E-state index is 4.35. The number of aromatic nitrogens is 2. The van der Waals surface area contributed by atoms with Crippen LogP contribution in [0.5, 0.6) is 0 Å². The van der Waals surface area contributed by atoms with Gasteiger partial charge in [0.15, 0.2) is 0 Å². The summed E-state index contributed by atoms with van der Waals surface area (Å²) in [5.74, 6) is 1.94. The van der Waals surface area contributed by atoms with E-state index in [0.29, 0.717) is 0 Å². The Balaban J connectivity index is 1.72. The standard InChI is InChI=1S/C19H24N4S/c1-3-24-14-6-7-16(22-10-13-4-5-13)15(8-14)18-9-17(20-2)19-11-21-12-23(18)19/h6-9,11-13,17,20,22H,3-5,10H2,1-2H3. The fourth-order valence-corrected chi connectivity index (χ4v) is 3.93. The number of fused-ring (bicyclic) bond motifs is 1. The zero-order valence-corrected chi connectivity index (χ0v) is 15.1. The molecule has 4 nitrogen and oxygen atoms in total. The Morgan fingerprint density at radius 1 is 1.33 bits per heavy atom. The van der Waals surface area contributed by atoms with Crippen molar-refractivity contribution < 1.29 is 0 Å². The van der Waals surface area contributed by atoms with Gasteiger partial charge >= 0.3 is 0 Å². The van der Waals surface area contributed by atoms with Crippen LogP contribution in [0.1, 0.15) is 37.1 Å². The number of nitrogens with zero attached hydrogens (tertiary/aromatic N) is 2. The molecule has 4 rings (SSSR count). The predicted molar refractivity (Wildman–Crippen MR) is 101 cm³/mol. The molecule has 1 aromatic heterocycles. The Bertz CT molecular complexity index is 760. The molecule has 0 amide bonds. The first kappa shape index (κ1) is 15.8. The molecule has 1 unspecified atom stereocenters. The molecule has 0 spiro atoms. The lowest BCUT2D eigenvalue weighted by molar-refractivity contribution is 0.706. The van der Waals surface area contributed by atoms with Gasteiger partial charge in [0.25, 0.3) is 0 Å². The third-order valence-electron chi connectivity index (χ3n) is 4.74. The van der Waals surface area contributed by atoms with Crippen LogP contribution < -0.4 is 10.6 Å². The van der Waals surface area contributed by atoms with Crippen molar-refractivity contribution in [1.82, 2.24) is 14.9 Å². The number of rotatable bonds is 7. The van der Waals surface area contributed by atoms with Crippen LogP contribution in [-0.4, -0.2) is 28.9 Å². The van der Waals surface area contributed by atoms with Crippen molar-refractivity contribution in [2.24, 2.45) is 5.92 Å². The van der Waals surface area contributed by atoms with Crippen LogP contribution >= 0.6 is 11.8 Å². The first-order valence-corrected chi connectivity index (χ1v) is 9.71. The lowest BCUT2D eigenvalue weighted by atomic mass is 10.1. The third-order valence-corrected chi connectivity index (χ3v) is 5.61. The van der Waals surface area contributed by atoms with Crippen LogP contribution in [0.15, 0.2) is 41.7 Å². The van der Waals surface area contributed by atoms with Gasteiger partial charge in [-0.2, -0.15) is 0 Å². The van der Waals surface area contributed by atoms with Crippen molar-refractivity contribution in [3.8, 4) is 0 Å². The van der Waals surface area contributed by atoms with Crippen molar-refractivity contribution in [3.05, 3.63) is 48.1 Å². The Kier molecular flexibility index (Phi) is 4.37. The van der Waals surface area contributed by atoms with Crippen molar-refractivity contribution in [1.29, 1.82) is 0 Å². The third kappa shape index (κ3) is 2.98. The van der Waals surface area contributed by atoms with Crippen molar-refractivity contribution >= 4 is 23.1 Å². The summed E-state index contributed by atoms with van der Waals surface area (Å²) in [6.07, 6.45) is 8.90. The normalized spacial score (nSPS) is 19.2. The molecule has 0 saturated heterocycles. The number of anilines is 1. The fraction of sp³-hybridized carbons (Fsp3) is 0.421. The second kappa shape index (κ2) is 6.65. The van der Waals surface area contributed by atoms with E-state index in [1.54, 1.807) is 0 Å². The summed E-state index contributed by atoms with van der Waals surface area (Å²) in [4.78, 5) is 5.67. The number of likely N-dealkylation sites (N-methyl/N-ethyl adjacent to an activating group) is 1. The number of hydrogen-bond acceptors (Lipinski definition) is 4. The summed E-state index contributed by atoms with van der Waals surface area (Å²) in [5.41, 5.74) is 4.92. The van der Waals surface area contributed by atoms with Crippen LogP contribution in [-0.2, 0) is 0 Å². The summed E-state index contributed by atoms with van der Waals surface area (Å²) in [7, 11) is 2.00. The molecule has 126 valence electrons. The van der Waals surface area contributed by atoms with Gasteiger partial charge < -0.3 is 15.2 Å². The van der Waals surface area contributed by atoms with E-state index in [4.69, 9.17) is 0 Å². The maximum Gasteiger partial charge on any atom is 0.0994 e. The number of hydrogen-bond donors (Lipinski definition) is 2. The summed E-state index contributed by atoms with van der Waals surface area (Å²) in [5, 5.41) is 7.04. The van der Waals surface area contributed by atoms with Crippen molar-refractivity contribution in [3.63, 3.8) is 0 Å². The highest BCUT2D eigenvalue weighted by atomic mass is 32.2. The molecule has 5 heteroatoms. The van der Waals surface area contributed by atoms with Gasteiger partial charge in [-0.15, -0.1) is 11.8 Å². The molecule has 2 heterocycles. The van der Waals surface area contributed by atoms with Crippen molar-refractivity contribution in [2.75, 3.05) is 24.7 Å². The number of benzene rings is 1. The van der Waals surface area contributed by atoms with Crippen LogP contribution in [0, 0.1) is 5.92 Å². The van der Waals surface area contributed by atoms with Gasteiger partial charge in [-0.25, -0.2) is 4.98 Å². The van der Waals surface area contributed by atoms with Gasteiger partial charge in [-0.05, 0) is 55.8 Å². The zero-order valence-electron chi connectivity index (χ0n) is 14.2.